The minimum absolute atomic E-state index is 0.000499. The van der Waals surface area contributed by atoms with Crippen LogP contribution in [-0.2, 0) is 22.2 Å². The Labute approximate surface area is 200 Å². The number of aromatic nitrogens is 3. The van der Waals surface area contributed by atoms with E-state index in [1.807, 2.05) is 0 Å². The first kappa shape index (κ1) is 24.1. The highest BCUT2D eigenvalue weighted by molar-refractivity contribution is 6.30. The second-order valence-corrected chi connectivity index (χ2v) is 7.93. The summed E-state index contributed by atoms with van der Waals surface area (Å²) in [7, 11) is 0. The van der Waals surface area contributed by atoms with Gasteiger partial charge < -0.3 is 5.32 Å². The van der Waals surface area contributed by atoms with E-state index in [1.165, 1.54) is 48.1 Å². The maximum Gasteiger partial charge on any atom is 0.416 e. The average Bonchev–Trinajstić information content (AvgIpc) is 3.21. The number of halogens is 5. The van der Waals surface area contributed by atoms with Gasteiger partial charge in [-0.15, -0.1) is 0 Å². The lowest BCUT2D eigenvalue weighted by Gasteiger charge is -2.21. The minimum atomic E-state index is -4.69. The Morgan fingerprint density at radius 3 is 2.60 bits per heavy atom. The van der Waals surface area contributed by atoms with E-state index >= 15 is 0 Å². The van der Waals surface area contributed by atoms with Crippen molar-refractivity contribution in [3.8, 4) is 0 Å². The van der Waals surface area contributed by atoms with Crippen molar-refractivity contribution < 1.29 is 27.2 Å². The van der Waals surface area contributed by atoms with Gasteiger partial charge in [0.05, 0.1) is 29.4 Å². The summed E-state index contributed by atoms with van der Waals surface area (Å²) in [5.41, 5.74) is -0.670. The molecule has 4 aromatic rings. The number of hydrogen-bond acceptors (Lipinski definition) is 4. The molecule has 3 aromatic heterocycles. The molecule has 0 radical (unpaired) electrons. The number of nitrogens with one attached hydrogen (secondary N) is 1. The third-order valence-corrected chi connectivity index (χ3v) is 5.24. The van der Waals surface area contributed by atoms with E-state index in [9.17, 15) is 27.2 Å². The molecule has 0 aliphatic heterocycles. The second kappa shape index (κ2) is 9.34. The van der Waals surface area contributed by atoms with Crippen LogP contribution in [-0.4, -0.2) is 26.4 Å². The minimum Gasteiger partial charge on any atom is -0.326 e. The highest BCUT2D eigenvalue weighted by Gasteiger charge is 2.34. The number of nitrogens with zero attached hydrogens (tertiary/aromatic N) is 4. The second-order valence-electron chi connectivity index (χ2n) is 7.49. The van der Waals surface area contributed by atoms with Crippen LogP contribution in [0.25, 0.3) is 5.52 Å². The summed E-state index contributed by atoms with van der Waals surface area (Å²) in [5.74, 6) is -2.04. The topological polar surface area (TPSA) is 79.6 Å². The van der Waals surface area contributed by atoms with Crippen LogP contribution in [0.5, 0.6) is 0 Å². The van der Waals surface area contributed by atoms with Crippen molar-refractivity contribution in [2.75, 3.05) is 10.2 Å². The molecule has 1 N–H and O–H groups in total. The summed E-state index contributed by atoms with van der Waals surface area (Å²) >= 11 is 5.68. The van der Waals surface area contributed by atoms with Crippen molar-refractivity contribution in [1.29, 1.82) is 0 Å². The van der Waals surface area contributed by atoms with Crippen molar-refractivity contribution in [3.63, 3.8) is 0 Å². The number of carbonyl (C=O) groups is 2. The molecule has 0 aliphatic carbocycles. The lowest BCUT2D eigenvalue weighted by atomic mass is 10.0. The first-order valence-corrected chi connectivity index (χ1v) is 10.5. The molecule has 0 bridgehead atoms. The molecule has 12 heteroatoms. The SMILES string of the molecule is CC(=O)N(c1cc(NC(=O)Cc2ccc(Cl)cc2C(F)(F)F)ccn1)c1cc2ccnn2cc1F. The standard InChI is InChI=1S/C23H16ClF4N5O2/c1-13(34)33(20-11-17-5-7-30-32(17)12-19(20)25)21-10-16(4-6-29-21)31-22(35)8-14-2-3-15(24)9-18(14)23(26,27)28/h2-7,9-12H,8H2,1H3,(H,29,31,35). The normalized spacial score (nSPS) is 11.5. The molecule has 0 saturated heterocycles. The number of carbonyl (C=O) groups excluding carboxylic acids is 2. The zero-order valence-electron chi connectivity index (χ0n) is 18.0. The lowest BCUT2D eigenvalue weighted by molar-refractivity contribution is -0.138. The predicted molar refractivity (Wildman–Crippen MR) is 121 cm³/mol. The molecule has 0 spiro atoms. The fourth-order valence-electron chi connectivity index (χ4n) is 3.52. The van der Waals surface area contributed by atoms with Crippen LogP contribution in [0.1, 0.15) is 18.1 Å². The van der Waals surface area contributed by atoms with Crippen LogP contribution in [0.15, 0.2) is 61.1 Å². The number of amides is 2. The Balaban J connectivity index is 1.60. The largest absolute Gasteiger partial charge is 0.416 e. The van der Waals surface area contributed by atoms with Gasteiger partial charge in [0.15, 0.2) is 5.82 Å². The van der Waals surface area contributed by atoms with Gasteiger partial charge in [0.25, 0.3) is 0 Å². The van der Waals surface area contributed by atoms with Crippen LogP contribution >= 0.6 is 11.6 Å². The molecule has 3 heterocycles. The Kier molecular flexibility index (Phi) is 6.44. The Morgan fingerprint density at radius 2 is 1.89 bits per heavy atom. The fourth-order valence-corrected chi connectivity index (χ4v) is 3.69. The maximum absolute atomic E-state index is 14.8. The van der Waals surface area contributed by atoms with E-state index in [2.05, 4.69) is 15.4 Å². The quantitative estimate of drug-likeness (QED) is 0.368. The summed E-state index contributed by atoms with van der Waals surface area (Å²) in [6.45, 7) is 1.21. The van der Waals surface area contributed by atoms with Gasteiger partial charge in [-0.25, -0.2) is 13.9 Å². The Hall–Kier alpha value is -3.99. The van der Waals surface area contributed by atoms with Gasteiger partial charge in [0.2, 0.25) is 11.8 Å². The molecular formula is C23H16ClF4N5O2. The van der Waals surface area contributed by atoms with Crippen molar-refractivity contribution in [1.82, 2.24) is 14.6 Å². The molecule has 4 rings (SSSR count). The van der Waals surface area contributed by atoms with E-state index in [-0.39, 0.29) is 27.8 Å². The first-order chi connectivity index (χ1) is 16.5. The van der Waals surface area contributed by atoms with Crippen molar-refractivity contribution >= 4 is 46.1 Å². The van der Waals surface area contributed by atoms with Gasteiger partial charge in [0, 0.05) is 36.1 Å². The third kappa shape index (κ3) is 5.24. The van der Waals surface area contributed by atoms with Crippen molar-refractivity contribution in [2.24, 2.45) is 0 Å². The monoisotopic (exact) mass is 505 g/mol. The predicted octanol–water partition coefficient (Wildman–Crippen LogP) is 5.41. The summed E-state index contributed by atoms with van der Waals surface area (Å²) in [4.78, 5) is 30.0. The van der Waals surface area contributed by atoms with Gasteiger partial charge in [-0.3, -0.25) is 14.5 Å². The van der Waals surface area contributed by atoms with Crippen LogP contribution in [0.3, 0.4) is 0 Å². The molecule has 35 heavy (non-hydrogen) atoms. The maximum atomic E-state index is 14.8. The zero-order valence-corrected chi connectivity index (χ0v) is 18.7. The average molecular weight is 506 g/mol. The third-order valence-electron chi connectivity index (χ3n) is 5.01. The van der Waals surface area contributed by atoms with E-state index in [0.717, 1.165) is 23.2 Å². The molecule has 0 aliphatic rings. The molecule has 0 atom stereocenters. The summed E-state index contributed by atoms with van der Waals surface area (Å²) in [6, 6.07) is 8.89. The van der Waals surface area contributed by atoms with Crippen LogP contribution in [0, 0.1) is 5.82 Å². The smallest absolute Gasteiger partial charge is 0.326 e. The number of fused-ring (bicyclic) bond motifs is 1. The van der Waals surface area contributed by atoms with Gasteiger partial charge in [0.1, 0.15) is 5.82 Å². The Morgan fingerprint density at radius 1 is 1.11 bits per heavy atom. The summed E-state index contributed by atoms with van der Waals surface area (Å²) < 4.78 is 56.0. The highest BCUT2D eigenvalue weighted by Crippen LogP contribution is 2.34. The van der Waals surface area contributed by atoms with Gasteiger partial charge in [-0.05, 0) is 35.9 Å². The molecular weight excluding hydrogens is 490 g/mol. The summed E-state index contributed by atoms with van der Waals surface area (Å²) in [6.07, 6.45) is -1.41. The Bertz CT molecular complexity index is 1440. The van der Waals surface area contributed by atoms with Gasteiger partial charge in [-0.1, -0.05) is 17.7 Å². The molecule has 180 valence electrons. The van der Waals surface area contributed by atoms with Crippen LogP contribution in [0.2, 0.25) is 5.02 Å². The van der Waals surface area contributed by atoms with Crippen LogP contribution < -0.4 is 10.2 Å². The molecule has 2 amide bonds. The number of anilines is 3. The molecule has 1 aromatic carbocycles. The van der Waals surface area contributed by atoms with Crippen molar-refractivity contribution in [3.05, 3.63) is 83.0 Å². The van der Waals surface area contributed by atoms with Crippen molar-refractivity contribution in [2.45, 2.75) is 19.5 Å². The number of alkyl halides is 3. The molecule has 0 saturated carbocycles. The number of benzene rings is 1. The number of rotatable bonds is 5. The fraction of sp³-hybridized carbons (Fsp3) is 0.130. The summed E-state index contributed by atoms with van der Waals surface area (Å²) in [5, 5.41) is 6.32. The van der Waals surface area contributed by atoms with E-state index in [0.29, 0.717) is 5.52 Å². The van der Waals surface area contributed by atoms with Crippen LogP contribution in [0.4, 0.5) is 34.8 Å². The van der Waals surface area contributed by atoms with E-state index < -0.39 is 35.8 Å². The lowest BCUT2D eigenvalue weighted by Crippen LogP contribution is -2.25. The van der Waals surface area contributed by atoms with Gasteiger partial charge >= 0.3 is 6.18 Å². The number of pyridine rings is 2. The molecule has 0 unspecified atom stereocenters. The first-order valence-electron chi connectivity index (χ1n) is 10.1. The molecule has 7 nitrogen and oxygen atoms in total. The highest BCUT2D eigenvalue weighted by atomic mass is 35.5. The van der Waals surface area contributed by atoms with E-state index in [4.69, 9.17) is 11.6 Å². The van der Waals surface area contributed by atoms with E-state index in [1.54, 1.807) is 6.07 Å². The number of hydrogen-bond donors (Lipinski definition) is 1. The zero-order chi connectivity index (χ0) is 25.3. The molecule has 0 fully saturated rings. The van der Waals surface area contributed by atoms with Gasteiger partial charge in [-0.2, -0.15) is 18.3 Å².